The van der Waals surface area contributed by atoms with Crippen molar-refractivity contribution in [3.05, 3.63) is 34.3 Å². The number of rotatable bonds is 6. The summed E-state index contributed by atoms with van der Waals surface area (Å²) in [6, 6.07) is 9.97. The van der Waals surface area contributed by atoms with Gasteiger partial charge in [-0.3, -0.25) is 4.90 Å². The van der Waals surface area contributed by atoms with Gasteiger partial charge in [0.05, 0.1) is 0 Å². The van der Waals surface area contributed by atoms with E-state index in [9.17, 15) is 0 Å². The van der Waals surface area contributed by atoms with Crippen LogP contribution < -0.4 is 5.32 Å². The van der Waals surface area contributed by atoms with Crippen molar-refractivity contribution in [1.29, 1.82) is 0 Å². The van der Waals surface area contributed by atoms with Crippen molar-refractivity contribution in [3.8, 4) is 0 Å². The number of benzene rings is 1. The third-order valence-corrected chi connectivity index (χ3v) is 4.55. The van der Waals surface area contributed by atoms with E-state index >= 15 is 0 Å². The van der Waals surface area contributed by atoms with E-state index in [1.807, 2.05) is 0 Å². The normalized spacial score (nSPS) is 22.8. The molecule has 1 N–H and O–H groups in total. The number of hydrogen-bond donors (Lipinski definition) is 1. The van der Waals surface area contributed by atoms with Crippen molar-refractivity contribution in [2.24, 2.45) is 5.92 Å². The lowest BCUT2D eigenvalue weighted by molar-refractivity contribution is 0.0768. The largest absolute Gasteiger partial charge is 0.314 e. The molecule has 2 unspecified atom stereocenters. The van der Waals surface area contributed by atoms with E-state index in [4.69, 9.17) is 0 Å². The standard InChI is InChI=1S/C16H25BrN2/c1-12(2)18-10-14-7-8-16(14)19(3)11-13-5-4-6-15(17)9-13/h4-6,9,12,14,16,18H,7-8,10-11H2,1-3H3. The minimum atomic E-state index is 0.594. The first kappa shape index (κ1) is 15.0. The van der Waals surface area contributed by atoms with Gasteiger partial charge in [0.25, 0.3) is 0 Å². The SMILES string of the molecule is CC(C)NCC1CCC1N(C)Cc1cccc(Br)c1. The van der Waals surface area contributed by atoms with Gasteiger partial charge in [0.15, 0.2) is 0 Å². The first-order valence-corrected chi connectivity index (χ1v) is 8.03. The summed E-state index contributed by atoms with van der Waals surface area (Å²) in [5.41, 5.74) is 1.39. The van der Waals surface area contributed by atoms with Crippen molar-refractivity contribution in [1.82, 2.24) is 10.2 Å². The van der Waals surface area contributed by atoms with Crippen LogP contribution in [0.15, 0.2) is 28.7 Å². The highest BCUT2D eigenvalue weighted by atomic mass is 79.9. The van der Waals surface area contributed by atoms with E-state index in [-0.39, 0.29) is 0 Å². The minimum Gasteiger partial charge on any atom is -0.314 e. The van der Waals surface area contributed by atoms with E-state index in [0.717, 1.165) is 25.0 Å². The first-order chi connectivity index (χ1) is 9.06. The predicted octanol–water partition coefficient (Wildman–Crippen LogP) is 3.66. The second-order valence-electron chi connectivity index (χ2n) is 6.01. The maximum Gasteiger partial charge on any atom is 0.0234 e. The third kappa shape index (κ3) is 4.30. The average molecular weight is 325 g/mol. The number of nitrogens with one attached hydrogen (secondary N) is 1. The van der Waals surface area contributed by atoms with E-state index in [1.54, 1.807) is 0 Å². The van der Waals surface area contributed by atoms with Gasteiger partial charge >= 0.3 is 0 Å². The Labute approximate surface area is 125 Å². The first-order valence-electron chi connectivity index (χ1n) is 7.24. The van der Waals surface area contributed by atoms with Crippen molar-refractivity contribution in [2.45, 2.75) is 45.3 Å². The maximum absolute atomic E-state index is 3.57. The second kappa shape index (κ2) is 6.87. The van der Waals surface area contributed by atoms with Gasteiger partial charge in [-0.1, -0.05) is 41.9 Å². The average Bonchev–Trinajstić information content (AvgIpc) is 2.26. The van der Waals surface area contributed by atoms with Gasteiger partial charge in [0.2, 0.25) is 0 Å². The fraction of sp³-hybridized carbons (Fsp3) is 0.625. The van der Waals surface area contributed by atoms with Crippen LogP contribution in [0.3, 0.4) is 0 Å². The number of nitrogens with zero attached hydrogens (tertiary/aromatic N) is 1. The third-order valence-electron chi connectivity index (χ3n) is 4.05. The highest BCUT2D eigenvalue weighted by Crippen LogP contribution is 2.32. The lowest BCUT2D eigenvalue weighted by atomic mass is 9.78. The fourth-order valence-corrected chi connectivity index (χ4v) is 3.24. The van der Waals surface area contributed by atoms with Gasteiger partial charge in [0, 0.05) is 23.1 Å². The number of halogens is 1. The Morgan fingerprint density at radius 2 is 2.16 bits per heavy atom. The smallest absolute Gasteiger partial charge is 0.0234 e. The van der Waals surface area contributed by atoms with E-state index < -0.39 is 0 Å². The molecule has 1 fully saturated rings. The Kier molecular flexibility index (Phi) is 5.43. The molecule has 1 saturated carbocycles. The van der Waals surface area contributed by atoms with Gasteiger partial charge in [-0.05, 0) is 50.0 Å². The van der Waals surface area contributed by atoms with Gasteiger partial charge in [-0.25, -0.2) is 0 Å². The van der Waals surface area contributed by atoms with Crippen LogP contribution in [0.25, 0.3) is 0 Å². The van der Waals surface area contributed by atoms with E-state index in [0.29, 0.717) is 6.04 Å². The molecule has 0 bridgehead atoms. The molecule has 1 aliphatic rings. The van der Waals surface area contributed by atoms with Gasteiger partial charge in [-0.15, -0.1) is 0 Å². The lowest BCUT2D eigenvalue weighted by Gasteiger charge is -2.43. The van der Waals surface area contributed by atoms with Crippen molar-refractivity contribution in [3.63, 3.8) is 0 Å². The van der Waals surface area contributed by atoms with Gasteiger partial charge in [-0.2, -0.15) is 0 Å². The molecule has 19 heavy (non-hydrogen) atoms. The Balaban J connectivity index is 1.84. The molecular formula is C16H25BrN2. The predicted molar refractivity (Wildman–Crippen MR) is 85.3 cm³/mol. The Morgan fingerprint density at radius 1 is 1.37 bits per heavy atom. The fourth-order valence-electron chi connectivity index (χ4n) is 2.80. The summed E-state index contributed by atoms with van der Waals surface area (Å²) in [5.74, 6) is 0.819. The molecule has 1 aromatic carbocycles. The summed E-state index contributed by atoms with van der Waals surface area (Å²) < 4.78 is 1.17. The topological polar surface area (TPSA) is 15.3 Å². The molecule has 0 spiro atoms. The summed E-state index contributed by atoms with van der Waals surface area (Å²) in [4.78, 5) is 2.51. The van der Waals surface area contributed by atoms with Crippen LogP contribution in [0, 0.1) is 5.92 Å². The second-order valence-corrected chi connectivity index (χ2v) is 6.93. The summed E-state index contributed by atoms with van der Waals surface area (Å²) in [7, 11) is 2.26. The monoisotopic (exact) mass is 324 g/mol. The van der Waals surface area contributed by atoms with Crippen LogP contribution >= 0.6 is 15.9 Å². The summed E-state index contributed by atoms with van der Waals surface area (Å²) in [6.45, 7) is 6.64. The minimum absolute atomic E-state index is 0.594. The van der Waals surface area contributed by atoms with Crippen LogP contribution in [-0.2, 0) is 6.54 Å². The van der Waals surface area contributed by atoms with Crippen LogP contribution in [0.5, 0.6) is 0 Å². The highest BCUT2D eigenvalue weighted by molar-refractivity contribution is 9.10. The molecule has 2 nitrogen and oxygen atoms in total. The molecule has 0 amide bonds. The Bertz CT molecular complexity index is 405. The molecule has 2 rings (SSSR count). The molecule has 106 valence electrons. The molecule has 0 saturated heterocycles. The lowest BCUT2D eigenvalue weighted by Crippen LogP contribution is -2.49. The zero-order valence-corrected chi connectivity index (χ0v) is 13.8. The zero-order chi connectivity index (χ0) is 13.8. The quantitative estimate of drug-likeness (QED) is 0.859. The highest BCUT2D eigenvalue weighted by Gasteiger charge is 2.33. The van der Waals surface area contributed by atoms with Crippen LogP contribution in [-0.4, -0.2) is 30.6 Å². The summed E-state index contributed by atoms with van der Waals surface area (Å²) >= 11 is 3.54. The Morgan fingerprint density at radius 3 is 2.74 bits per heavy atom. The van der Waals surface area contributed by atoms with Gasteiger partial charge in [0.1, 0.15) is 0 Å². The Hall–Kier alpha value is -0.380. The molecule has 0 aromatic heterocycles. The number of hydrogen-bond acceptors (Lipinski definition) is 2. The van der Waals surface area contributed by atoms with Crippen molar-refractivity contribution < 1.29 is 0 Å². The summed E-state index contributed by atoms with van der Waals surface area (Å²) in [5, 5.41) is 3.57. The molecule has 0 radical (unpaired) electrons. The zero-order valence-electron chi connectivity index (χ0n) is 12.2. The van der Waals surface area contributed by atoms with E-state index in [2.05, 4.69) is 71.3 Å². The van der Waals surface area contributed by atoms with E-state index in [1.165, 1.54) is 22.9 Å². The molecule has 0 aliphatic heterocycles. The molecule has 2 atom stereocenters. The maximum atomic E-state index is 3.57. The van der Waals surface area contributed by atoms with Crippen LogP contribution in [0.1, 0.15) is 32.3 Å². The van der Waals surface area contributed by atoms with Crippen LogP contribution in [0.2, 0.25) is 0 Å². The summed E-state index contributed by atoms with van der Waals surface area (Å²) in [6.07, 6.45) is 2.71. The molecule has 1 aromatic rings. The van der Waals surface area contributed by atoms with Crippen LogP contribution in [0.4, 0.5) is 0 Å². The van der Waals surface area contributed by atoms with Crippen molar-refractivity contribution >= 4 is 15.9 Å². The molecule has 1 aliphatic carbocycles. The molecule has 3 heteroatoms. The molecule has 0 heterocycles. The van der Waals surface area contributed by atoms with Gasteiger partial charge < -0.3 is 5.32 Å². The van der Waals surface area contributed by atoms with Crippen molar-refractivity contribution in [2.75, 3.05) is 13.6 Å². The molecular weight excluding hydrogens is 300 g/mol.